The number of carbonyl (C=O) groups excluding carboxylic acids is 1. The third-order valence-corrected chi connectivity index (χ3v) is 3.64. The second-order valence-corrected chi connectivity index (χ2v) is 5.74. The molecule has 1 heterocycles. The highest BCUT2D eigenvalue weighted by Crippen LogP contribution is 2.21. The lowest BCUT2D eigenvalue weighted by Gasteiger charge is -2.10. The average molecular weight is 308 g/mol. The van der Waals surface area contributed by atoms with Gasteiger partial charge in [0.15, 0.2) is 0 Å². The molecule has 0 aliphatic rings. The Morgan fingerprint density at radius 3 is 2.70 bits per heavy atom. The van der Waals surface area contributed by atoms with Crippen LogP contribution in [-0.2, 0) is 0 Å². The molecule has 0 saturated carbocycles. The maximum Gasteiger partial charge on any atom is 0.251 e. The number of nitrogens with one attached hydrogen (secondary N) is 2. The molecule has 0 bridgehead atoms. The summed E-state index contributed by atoms with van der Waals surface area (Å²) in [4.78, 5) is 22.1. The summed E-state index contributed by atoms with van der Waals surface area (Å²) in [6.07, 6.45) is 0. The first-order valence-electron chi connectivity index (χ1n) is 7.61. The molecular formula is C18H20N4O. The van der Waals surface area contributed by atoms with Crippen molar-refractivity contribution in [2.24, 2.45) is 0 Å². The van der Waals surface area contributed by atoms with Gasteiger partial charge in [-0.2, -0.15) is 0 Å². The van der Waals surface area contributed by atoms with E-state index in [1.165, 1.54) is 0 Å². The predicted molar refractivity (Wildman–Crippen MR) is 92.4 cm³/mol. The summed E-state index contributed by atoms with van der Waals surface area (Å²) in [6, 6.07) is 15.5. The number of carbonyl (C=O) groups is 1. The summed E-state index contributed by atoms with van der Waals surface area (Å²) in [5, 5.41) is 2.92. The Hall–Kier alpha value is -2.66. The summed E-state index contributed by atoms with van der Waals surface area (Å²) in [5.41, 5.74) is 3.39. The minimum atomic E-state index is -0.0652. The van der Waals surface area contributed by atoms with Gasteiger partial charge in [-0.3, -0.25) is 4.79 Å². The normalized spacial score (nSPS) is 11.1. The van der Waals surface area contributed by atoms with Crippen LogP contribution in [0.5, 0.6) is 0 Å². The van der Waals surface area contributed by atoms with Gasteiger partial charge in [0.05, 0.1) is 11.0 Å². The Morgan fingerprint density at radius 1 is 1.17 bits per heavy atom. The third-order valence-electron chi connectivity index (χ3n) is 3.64. The number of hydrogen-bond donors (Lipinski definition) is 2. The van der Waals surface area contributed by atoms with Gasteiger partial charge in [0.25, 0.3) is 5.91 Å². The van der Waals surface area contributed by atoms with Crippen LogP contribution in [0, 0.1) is 0 Å². The van der Waals surface area contributed by atoms with Crippen LogP contribution in [0.2, 0.25) is 0 Å². The van der Waals surface area contributed by atoms with Crippen LogP contribution in [-0.4, -0.2) is 48.0 Å². The number of likely N-dealkylation sites (N-methyl/N-ethyl adjacent to an activating group) is 1. The van der Waals surface area contributed by atoms with Gasteiger partial charge in [0.1, 0.15) is 5.82 Å². The highest BCUT2D eigenvalue weighted by atomic mass is 16.1. The van der Waals surface area contributed by atoms with Crippen molar-refractivity contribution in [3.05, 3.63) is 54.1 Å². The Balaban J connectivity index is 1.80. The molecule has 1 amide bonds. The van der Waals surface area contributed by atoms with Crippen LogP contribution in [0.3, 0.4) is 0 Å². The van der Waals surface area contributed by atoms with E-state index in [4.69, 9.17) is 0 Å². The highest BCUT2D eigenvalue weighted by molar-refractivity contribution is 5.97. The zero-order valence-corrected chi connectivity index (χ0v) is 13.3. The number of imidazole rings is 1. The van der Waals surface area contributed by atoms with Gasteiger partial charge < -0.3 is 15.2 Å². The first-order valence-corrected chi connectivity index (χ1v) is 7.61. The molecule has 0 fully saturated rings. The molecular weight excluding hydrogens is 288 g/mol. The van der Waals surface area contributed by atoms with Crippen LogP contribution in [0.15, 0.2) is 48.5 Å². The van der Waals surface area contributed by atoms with Gasteiger partial charge in [-0.15, -0.1) is 0 Å². The number of fused-ring (bicyclic) bond motifs is 1. The van der Waals surface area contributed by atoms with Crippen molar-refractivity contribution in [3.63, 3.8) is 0 Å². The molecule has 0 unspecified atom stereocenters. The summed E-state index contributed by atoms with van der Waals surface area (Å²) < 4.78 is 0. The van der Waals surface area contributed by atoms with Gasteiger partial charge >= 0.3 is 0 Å². The van der Waals surface area contributed by atoms with Gasteiger partial charge in [-0.1, -0.05) is 30.3 Å². The van der Waals surface area contributed by atoms with Crippen LogP contribution >= 0.6 is 0 Å². The minimum absolute atomic E-state index is 0.0652. The summed E-state index contributed by atoms with van der Waals surface area (Å²) in [6.45, 7) is 1.44. The van der Waals surface area contributed by atoms with Gasteiger partial charge in [-0.25, -0.2) is 4.98 Å². The van der Waals surface area contributed by atoms with Crippen molar-refractivity contribution in [2.75, 3.05) is 27.2 Å². The van der Waals surface area contributed by atoms with Gasteiger partial charge in [-0.05, 0) is 32.3 Å². The SMILES string of the molecule is CN(C)CCNC(=O)c1ccc2nc(-c3ccccc3)[nH]c2c1. The molecule has 0 radical (unpaired) electrons. The molecule has 0 atom stereocenters. The number of benzene rings is 2. The fraction of sp³-hybridized carbons (Fsp3) is 0.222. The molecule has 23 heavy (non-hydrogen) atoms. The monoisotopic (exact) mass is 308 g/mol. The largest absolute Gasteiger partial charge is 0.351 e. The van der Waals surface area contributed by atoms with Crippen molar-refractivity contribution < 1.29 is 4.79 Å². The molecule has 0 spiro atoms. The molecule has 5 nitrogen and oxygen atoms in total. The standard InChI is InChI=1S/C18H20N4O/c1-22(2)11-10-19-18(23)14-8-9-15-16(12-14)21-17(20-15)13-6-4-3-5-7-13/h3-9,12H,10-11H2,1-2H3,(H,19,23)(H,20,21). The molecule has 2 N–H and O–H groups in total. The Morgan fingerprint density at radius 2 is 1.96 bits per heavy atom. The number of rotatable bonds is 5. The van der Waals surface area contributed by atoms with Gasteiger partial charge in [0.2, 0.25) is 0 Å². The molecule has 3 rings (SSSR count). The Labute approximate surface area is 135 Å². The molecule has 3 aromatic rings. The van der Waals surface area contributed by atoms with E-state index in [1.807, 2.05) is 67.5 Å². The first kappa shape index (κ1) is 15.2. The van der Waals surface area contributed by atoms with Crippen LogP contribution in [0.25, 0.3) is 22.4 Å². The minimum Gasteiger partial charge on any atom is -0.351 e. The zero-order chi connectivity index (χ0) is 16.2. The molecule has 1 aromatic heterocycles. The summed E-state index contributed by atoms with van der Waals surface area (Å²) >= 11 is 0. The quantitative estimate of drug-likeness (QED) is 0.761. The number of aromatic nitrogens is 2. The lowest BCUT2D eigenvalue weighted by molar-refractivity contribution is 0.0951. The summed E-state index contributed by atoms with van der Waals surface area (Å²) in [7, 11) is 3.96. The maximum atomic E-state index is 12.2. The van der Waals surface area contributed by atoms with E-state index >= 15 is 0 Å². The van der Waals surface area contributed by atoms with Crippen molar-refractivity contribution in [2.45, 2.75) is 0 Å². The lowest BCUT2D eigenvalue weighted by atomic mass is 10.2. The van der Waals surface area contributed by atoms with Crippen molar-refractivity contribution >= 4 is 16.9 Å². The van der Waals surface area contributed by atoms with E-state index in [2.05, 4.69) is 15.3 Å². The molecule has 0 aliphatic heterocycles. The first-order chi connectivity index (χ1) is 11.1. The van der Waals surface area contributed by atoms with Crippen LogP contribution < -0.4 is 5.32 Å². The van der Waals surface area contributed by atoms with Crippen molar-refractivity contribution in [1.29, 1.82) is 0 Å². The van der Waals surface area contributed by atoms with Crippen LogP contribution in [0.4, 0.5) is 0 Å². The van der Waals surface area contributed by atoms with Gasteiger partial charge in [0, 0.05) is 24.2 Å². The van der Waals surface area contributed by atoms with E-state index in [9.17, 15) is 4.79 Å². The number of hydrogen-bond acceptors (Lipinski definition) is 3. The fourth-order valence-electron chi connectivity index (χ4n) is 2.38. The van der Waals surface area contributed by atoms with Crippen LogP contribution in [0.1, 0.15) is 10.4 Å². The van der Waals surface area contributed by atoms with E-state index < -0.39 is 0 Å². The van der Waals surface area contributed by atoms with E-state index in [-0.39, 0.29) is 5.91 Å². The molecule has 0 aliphatic carbocycles. The number of amides is 1. The Bertz CT molecular complexity index is 808. The average Bonchev–Trinajstić information content (AvgIpc) is 2.98. The smallest absolute Gasteiger partial charge is 0.251 e. The molecule has 0 saturated heterocycles. The van der Waals surface area contributed by atoms with Crippen molar-refractivity contribution in [3.8, 4) is 11.4 Å². The van der Waals surface area contributed by atoms with E-state index in [0.717, 1.165) is 29.0 Å². The molecule has 5 heteroatoms. The second-order valence-electron chi connectivity index (χ2n) is 5.74. The molecule has 2 aromatic carbocycles. The third kappa shape index (κ3) is 3.57. The summed E-state index contributed by atoms with van der Waals surface area (Å²) in [5.74, 6) is 0.746. The highest BCUT2D eigenvalue weighted by Gasteiger charge is 2.09. The number of H-pyrrole nitrogens is 1. The Kier molecular flexibility index (Phi) is 4.39. The number of aromatic amines is 1. The van der Waals surface area contributed by atoms with Crippen molar-refractivity contribution in [1.82, 2.24) is 20.2 Å². The topological polar surface area (TPSA) is 61.0 Å². The van der Waals surface area contributed by atoms with E-state index in [1.54, 1.807) is 0 Å². The molecule has 118 valence electrons. The van der Waals surface area contributed by atoms with E-state index in [0.29, 0.717) is 12.1 Å². The predicted octanol–water partition coefficient (Wildman–Crippen LogP) is 2.52. The second kappa shape index (κ2) is 6.62. The lowest BCUT2D eigenvalue weighted by Crippen LogP contribution is -2.31. The number of nitrogens with zero attached hydrogens (tertiary/aromatic N) is 2. The zero-order valence-electron chi connectivity index (χ0n) is 13.3. The fourth-order valence-corrected chi connectivity index (χ4v) is 2.38. The maximum absolute atomic E-state index is 12.2.